The monoisotopic (exact) mass is 343 g/mol. The molecule has 0 spiro atoms. The van der Waals surface area contributed by atoms with Crippen LogP contribution in [0.2, 0.25) is 0 Å². The molecule has 4 rings (SSSR count). The minimum absolute atomic E-state index is 0.0281. The van der Waals surface area contributed by atoms with Gasteiger partial charge in [-0.1, -0.05) is 6.07 Å². The average molecular weight is 343 g/mol. The summed E-state index contributed by atoms with van der Waals surface area (Å²) in [7, 11) is 0. The van der Waals surface area contributed by atoms with Gasteiger partial charge in [-0.3, -0.25) is 9.78 Å². The first kappa shape index (κ1) is 17.0. The van der Waals surface area contributed by atoms with Crippen LogP contribution in [0, 0.1) is 23.7 Å². The van der Waals surface area contributed by atoms with Crippen molar-refractivity contribution in [2.24, 2.45) is 23.7 Å². The number of likely N-dealkylation sites (tertiary alicyclic amines) is 1. The number of hydrogen-bond acceptors (Lipinski definition) is 4. The SMILES string of the molecule is CC1(C)CC(CN2C[C@@H]3C(C(=O)NCc4cccnc4)[C@@H]3C2)CCO1. The van der Waals surface area contributed by atoms with E-state index in [2.05, 4.69) is 29.0 Å². The minimum Gasteiger partial charge on any atom is -0.376 e. The van der Waals surface area contributed by atoms with Crippen LogP contribution in [0.1, 0.15) is 32.3 Å². The van der Waals surface area contributed by atoms with E-state index in [1.807, 2.05) is 18.3 Å². The number of amides is 1. The molecule has 5 nitrogen and oxygen atoms in total. The van der Waals surface area contributed by atoms with Crippen LogP contribution in [0.5, 0.6) is 0 Å². The van der Waals surface area contributed by atoms with Crippen LogP contribution in [0.3, 0.4) is 0 Å². The van der Waals surface area contributed by atoms with E-state index >= 15 is 0 Å². The van der Waals surface area contributed by atoms with Crippen LogP contribution in [-0.2, 0) is 16.1 Å². The highest BCUT2D eigenvalue weighted by molar-refractivity contribution is 5.82. The van der Waals surface area contributed by atoms with Crippen molar-refractivity contribution in [1.82, 2.24) is 15.2 Å². The molecule has 1 aromatic rings. The molecule has 2 aliphatic heterocycles. The zero-order valence-electron chi connectivity index (χ0n) is 15.3. The van der Waals surface area contributed by atoms with Crippen LogP contribution >= 0.6 is 0 Å². The van der Waals surface area contributed by atoms with Gasteiger partial charge < -0.3 is 15.0 Å². The fourth-order valence-electron chi connectivity index (χ4n) is 4.84. The summed E-state index contributed by atoms with van der Waals surface area (Å²) in [4.78, 5) is 19.1. The van der Waals surface area contributed by atoms with Gasteiger partial charge in [-0.15, -0.1) is 0 Å². The smallest absolute Gasteiger partial charge is 0.224 e. The fraction of sp³-hybridized carbons (Fsp3) is 0.700. The number of fused-ring (bicyclic) bond motifs is 1. The van der Waals surface area contributed by atoms with E-state index in [0.717, 1.165) is 37.6 Å². The topological polar surface area (TPSA) is 54.5 Å². The highest BCUT2D eigenvalue weighted by Crippen LogP contribution is 2.52. The molecule has 0 bridgehead atoms. The molecular weight excluding hydrogens is 314 g/mol. The number of rotatable bonds is 5. The lowest BCUT2D eigenvalue weighted by atomic mass is 9.88. The molecular formula is C20H29N3O2. The Kier molecular flexibility index (Phi) is 4.54. The van der Waals surface area contributed by atoms with E-state index in [-0.39, 0.29) is 17.4 Å². The van der Waals surface area contributed by atoms with E-state index < -0.39 is 0 Å². The van der Waals surface area contributed by atoms with Gasteiger partial charge in [-0.25, -0.2) is 0 Å². The van der Waals surface area contributed by atoms with E-state index in [0.29, 0.717) is 18.4 Å². The van der Waals surface area contributed by atoms with Gasteiger partial charge in [0, 0.05) is 51.1 Å². The molecule has 1 amide bonds. The molecule has 1 aliphatic carbocycles. The predicted octanol–water partition coefficient (Wildman–Crippen LogP) is 2.08. The zero-order chi connectivity index (χ0) is 17.4. The first-order valence-electron chi connectivity index (χ1n) is 9.55. The molecule has 0 radical (unpaired) electrons. The molecule has 1 aromatic heterocycles. The molecule has 25 heavy (non-hydrogen) atoms. The first-order chi connectivity index (χ1) is 12.0. The minimum atomic E-state index is 0.0281. The third kappa shape index (κ3) is 3.87. The second-order valence-electron chi connectivity index (χ2n) is 8.62. The molecule has 0 aromatic carbocycles. The third-order valence-corrected chi connectivity index (χ3v) is 6.08. The Morgan fingerprint density at radius 1 is 1.40 bits per heavy atom. The Morgan fingerprint density at radius 3 is 2.88 bits per heavy atom. The molecule has 1 saturated carbocycles. The van der Waals surface area contributed by atoms with Gasteiger partial charge in [0.1, 0.15) is 0 Å². The third-order valence-electron chi connectivity index (χ3n) is 6.08. The highest BCUT2D eigenvalue weighted by Gasteiger charge is 2.59. The lowest BCUT2D eigenvalue weighted by molar-refractivity contribution is -0.123. The highest BCUT2D eigenvalue weighted by atomic mass is 16.5. The van der Waals surface area contributed by atoms with Crippen molar-refractivity contribution in [2.45, 2.75) is 38.8 Å². The Morgan fingerprint density at radius 2 is 2.20 bits per heavy atom. The number of hydrogen-bond donors (Lipinski definition) is 1. The van der Waals surface area contributed by atoms with Crippen LogP contribution < -0.4 is 5.32 Å². The summed E-state index contributed by atoms with van der Waals surface area (Å²) in [5, 5.41) is 3.08. The average Bonchev–Trinajstić information content (AvgIpc) is 3.09. The van der Waals surface area contributed by atoms with Crippen molar-refractivity contribution in [2.75, 3.05) is 26.2 Å². The maximum absolute atomic E-state index is 12.4. The number of carbonyl (C=O) groups excluding carboxylic acids is 1. The molecule has 4 atom stereocenters. The van der Waals surface area contributed by atoms with Crippen molar-refractivity contribution in [3.8, 4) is 0 Å². The molecule has 3 heterocycles. The number of carbonyl (C=O) groups is 1. The fourth-order valence-corrected chi connectivity index (χ4v) is 4.84. The summed E-state index contributed by atoms with van der Waals surface area (Å²) in [6.45, 7) is 9.22. The number of nitrogens with zero attached hydrogens (tertiary/aromatic N) is 2. The summed E-state index contributed by atoms with van der Waals surface area (Å²) >= 11 is 0. The number of aromatic nitrogens is 1. The van der Waals surface area contributed by atoms with Crippen molar-refractivity contribution in [3.63, 3.8) is 0 Å². The molecule has 5 heteroatoms. The number of nitrogens with one attached hydrogen (secondary N) is 1. The number of ether oxygens (including phenoxy) is 1. The van der Waals surface area contributed by atoms with Crippen molar-refractivity contribution in [3.05, 3.63) is 30.1 Å². The molecule has 136 valence electrons. The quantitative estimate of drug-likeness (QED) is 0.889. The Hall–Kier alpha value is -1.46. The van der Waals surface area contributed by atoms with Gasteiger partial charge in [0.15, 0.2) is 0 Å². The normalized spacial score (nSPS) is 33.7. The number of pyridine rings is 1. The largest absolute Gasteiger partial charge is 0.376 e. The molecule has 2 unspecified atom stereocenters. The Balaban J connectivity index is 1.20. The van der Waals surface area contributed by atoms with Crippen LogP contribution in [0.25, 0.3) is 0 Å². The molecule has 3 aliphatic rings. The van der Waals surface area contributed by atoms with E-state index in [4.69, 9.17) is 4.74 Å². The van der Waals surface area contributed by atoms with Gasteiger partial charge in [0.2, 0.25) is 5.91 Å². The zero-order valence-corrected chi connectivity index (χ0v) is 15.3. The summed E-state index contributed by atoms with van der Waals surface area (Å²) in [5.74, 6) is 2.34. The van der Waals surface area contributed by atoms with Gasteiger partial charge in [0.05, 0.1) is 5.60 Å². The van der Waals surface area contributed by atoms with Crippen LogP contribution in [0.15, 0.2) is 24.5 Å². The second kappa shape index (κ2) is 6.69. The van der Waals surface area contributed by atoms with Gasteiger partial charge in [0.25, 0.3) is 0 Å². The Labute approximate surface area is 150 Å². The lowest BCUT2D eigenvalue weighted by Crippen LogP contribution is -2.40. The van der Waals surface area contributed by atoms with Gasteiger partial charge in [-0.2, -0.15) is 0 Å². The van der Waals surface area contributed by atoms with E-state index in [1.54, 1.807) is 6.20 Å². The molecule has 3 fully saturated rings. The lowest BCUT2D eigenvalue weighted by Gasteiger charge is -2.37. The summed E-state index contributed by atoms with van der Waals surface area (Å²) < 4.78 is 5.83. The standard InChI is InChI=1S/C20H29N3O2/c1-20(2)8-14(5-7-25-20)11-23-12-16-17(13-23)18(16)19(24)22-10-15-4-3-6-21-9-15/h3-4,6,9,14,16-18H,5,7-8,10-13H2,1-2H3,(H,22,24)/t14?,16-,17+,18?. The molecule has 1 N–H and O–H groups in total. The van der Waals surface area contributed by atoms with Crippen LogP contribution in [-0.4, -0.2) is 47.6 Å². The van der Waals surface area contributed by atoms with Crippen molar-refractivity contribution < 1.29 is 9.53 Å². The van der Waals surface area contributed by atoms with Gasteiger partial charge in [-0.05, 0) is 56.1 Å². The van der Waals surface area contributed by atoms with Crippen molar-refractivity contribution in [1.29, 1.82) is 0 Å². The summed E-state index contributed by atoms with van der Waals surface area (Å²) in [6, 6.07) is 3.90. The predicted molar refractivity (Wildman–Crippen MR) is 95.7 cm³/mol. The van der Waals surface area contributed by atoms with Gasteiger partial charge >= 0.3 is 0 Å². The van der Waals surface area contributed by atoms with Crippen LogP contribution in [0.4, 0.5) is 0 Å². The first-order valence-corrected chi connectivity index (χ1v) is 9.55. The van der Waals surface area contributed by atoms with Crippen molar-refractivity contribution >= 4 is 5.91 Å². The summed E-state index contributed by atoms with van der Waals surface area (Å²) in [5.41, 5.74) is 1.09. The maximum Gasteiger partial charge on any atom is 0.224 e. The Bertz CT molecular complexity index is 607. The maximum atomic E-state index is 12.4. The van der Waals surface area contributed by atoms with E-state index in [1.165, 1.54) is 13.0 Å². The second-order valence-corrected chi connectivity index (χ2v) is 8.62. The number of piperidine rings is 1. The summed E-state index contributed by atoms with van der Waals surface area (Å²) in [6.07, 6.45) is 5.88. The van der Waals surface area contributed by atoms with E-state index in [9.17, 15) is 4.79 Å². The molecule has 2 saturated heterocycles.